The molecule has 0 saturated heterocycles. The molecule has 0 aliphatic heterocycles. The van der Waals surface area contributed by atoms with E-state index in [9.17, 15) is 9.59 Å². The number of aliphatic carboxylic acids is 1. The minimum atomic E-state index is -0.813. The van der Waals surface area contributed by atoms with E-state index >= 15 is 0 Å². The largest absolute Gasteiger partial charge is 0.489 e. The molecule has 0 fully saturated rings. The molecule has 0 spiro atoms. The summed E-state index contributed by atoms with van der Waals surface area (Å²) in [5.41, 5.74) is 3.38. The predicted octanol–water partition coefficient (Wildman–Crippen LogP) is 5.72. The van der Waals surface area contributed by atoms with Crippen LogP contribution in [0.2, 0.25) is 0 Å². The van der Waals surface area contributed by atoms with Crippen LogP contribution in [0.1, 0.15) is 41.4 Å². The van der Waals surface area contributed by atoms with Crippen molar-refractivity contribution in [1.29, 1.82) is 0 Å². The van der Waals surface area contributed by atoms with Crippen molar-refractivity contribution < 1.29 is 23.8 Å². The van der Waals surface area contributed by atoms with Gasteiger partial charge in [0.15, 0.2) is 0 Å². The third-order valence-electron chi connectivity index (χ3n) is 5.29. The number of aryl methyl sites for hydroxylation is 1. The zero-order valence-corrected chi connectivity index (χ0v) is 19.2. The Morgan fingerprint density at radius 2 is 1.76 bits per heavy atom. The first-order chi connectivity index (χ1) is 15.8. The van der Waals surface area contributed by atoms with Gasteiger partial charge in [0, 0.05) is 36.7 Å². The van der Waals surface area contributed by atoms with Crippen molar-refractivity contribution in [2.45, 2.75) is 33.2 Å². The fourth-order valence-corrected chi connectivity index (χ4v) is 3.37. The molecule has 6 nitrogen and oxygen atoms in total. The van der Waals surface area contributed by atoms with Crippen LogP contribution in [0.15, 0.2) is 76.7 Å². The number of amides is 1. The van der Waals surface area contributed by atoms with Crippen molar-refractivity contribution in [2.75, 3.05) is 13.7 Å². The van der Waals surface area contributed by atoms with E-state index in [-0.39, 0.29) is 12.3 Å². The van der Waals surface area contributed by atoms with Gasteiger partial charge >= 0.3 is 5.97 Å². The minimum Gasteiger partial charge on any atom is -0.489 e. The Labute approximate surface area is 194 Å². The lowest BCUT2D eigenvalue weighted by atomic mass is 10.1. The molecule has 0 saturated carbocycles. The van der Waals surface area contributed by atoms with Crippen LogP contribution >= 0.6 is 0 Å². The summed E-state index contributed by atoms with van der Waals surface area (Å²) in [4.78, 5) is 25.3. The van der Waals surface area contributed by atoms with Crippen molar-refractivity contribution in [2.24, 2.45) is 0 Å². The molecule has 33 heavy (non-hydrogen) atoms. The number of para-hydroxylation sites is 1. The quantitative estimate of drug-likeness (QED) is 0.402. The van der Waals surface area contributed by atoms with Gasteiger partial charge in [-0.1, -0.05) is 35.9 Å². The lowest BCUT2D eigenvalue weighted by molar-refractivity contribution is -0.136. The number of furan rings is 1. The molecule has 0 aliphatic rings. The Bertz CT molecular complexity index is 1130. The van der Waals surface area contributed by atoms with Crippen LogP contribution in [-0.4, -0.2) is 35.5 Å². The number of carboxylic acids is 1. The van der Waals surface area contributed by atoms with E-state index in [1.165, 1.54) is 0 Å². The van der Waals surface area contributed by atoms with E-state index in [1.807, 2.05) is 68.5 Å². The molecule has 0 radical (unpaired) electrons. The molecule has 3 rings (SSSR count). The molecule has 6 heteroatoms. The van der Waals surface area contributed by atoms with Gasteiger partial charge in [0.25, 0.3) is 5.91 Å². The lowest BCUT2D eigenvalue weighted by Crippen LogP contribution is -2.26. The van der Waals surface area contributed by atoms with Gasteiger partial charge < -0.3 is 19.2 Å². The number of hydrogen-bond donors (Lipinski definition) is 1. The maximum Gasteiger partial charge on any atom is 0.303 e. The molecule has 0 atom stereocenters. The number of nitrogens with zero attached hydrogens (tertiary/aromatic N) is 1. The normalized spacial score (nSPS) is 11.3. The Kier molecular flexibility index (Phi) is 8.08. The minimum absolute atomic E-state index is 0.0867. The number of hydrogen-bond acceptors (Lipinski definition) is 4. The summed E-state index contributed by atoms with van der Waals surface area (Å²) in [6, 6.07) is 18.8. The van der Waals surface area contributed by atoms with Gasteiger partial charge in [0.2, 0.25) is 0 Å². The van der Waals surface area contributed by atoms with Crippen molar-refractivity contribution >= 4 is 11.9 Å². The molecule has 0 bridgehead atoms. The highest BCUT2D eigenvalue weighted by Gasteiger charge is 2.15. The average molecular weight is 448 g/mol. The van der Waals surface area contributed by atoms with Gasteiger partial charge in [-0.3, -0.25) is 9.59 Å². The fourth-order valence-electron chi connectivity index (χ4n) is 3.37. The van der Waals surface area contributed by atoms with E-state index in [0.29, 0.717) is 30.9 Å². The monoisotopic (exact) mass is 447 g/mol. The standard InChI is InChI=1S/C27H29NO5/c1-19(8-15-26(29)30)16-17-32-24-7-5-4-6-23(24)18-28(3)27(31)22-12-10-21(11-13-22)25-14-9-20(2)33-25/h4-7,9-14,16H,8,15,17-18H2,1-3H3,(H,29,30)/b19-16+. The van der Waals surface area contributed by atoms with E-state index < -0.39 is 5.97 Å². The van der Waals surface area contributed by atoms with E-state index in [4.69, 9.17) is 14.3 Å². The Morgan fingerprint density at radius 1 is 1.03 bits per heavy atom. The molecular weight excluding hydrogens is 418 g/mol. The number of ether oxygens (including phenoxy) is 1. The fraction of sp³-hybridized carbons (Fsp3) is 0.259. The topological polar surface area (TPSA) is 80.0 Å². The number of carbonyl (C=O) groups is 2. The SMILES string of the molecule is C/C(=C\COc1ccccc1CN(C)C(=O)c1ccc(-c2ccc(C)o2)cc1)CCC(=O)O. The van der Waals surface area contributed by atoms with Crippen molar-refractivity contribution in [3.8, 4) is 17.1 Å². The molecule has 1 amide bonds. The lowest BCUT2D eigenvalue weighted by Gasteiger charge is -2.19. The summed E-state index contributed by atoms with van der Waals surface area (Å²) in [5, 5.41) is 8.79. The Balaban J connectivity index is 1.61. The highest BCUT2D eigenvalue weighted by atomic mass is 16.5. The van der Waals surface area contributed by atoms with Crippen LogP contribution in [0, 0.1) is 6.92 Å². The van der Waals surface area contributed by atoms with Crippen LogP contribution in [0.5, 0.6) is 5.75 Å². The second-order valence-electron chi connectivity index (χ2n) is 8.01. The highest BCUT2D eigenvalue weighted by molar-refractivity contribution is 5.94. The maximum atomic E-state index is 12.9. The van der Waals surface area contributed by atoms with E-state index in [1.54, 1.807) is 24.1 Å². The molecule has 172 valence electrons. The van der Waals surface area contributed by atoms with Crippen LogP contribution in [-0.2, 0) is 11.3 Å². The summed E-state index contributed by atoms with van der Waals surface area (Å²) in [6.45, 7) is 4.53. The van der Waals surface area contributed by atoms with Gasteiger partial charge in [-0.05, 0) is 56.7 Å². The Hall–Kier alpha value is -3.80. The first-order valence-corrected chi connectivity index (χ1v) is 10.8. The van der Waals surface area contributed by atoms with Crippen LogP contribution in [0.25, 0.3) is 11.3 Å². The van der Waals surface area contributed by atoms with Gasteiger partial charge in [0.05, 0.1) is 0 Å². The zero-order chi connectivity index (χ0) is 23.8. The third kappa shape index (κ3) is 6.84. The smallest absolute Gasteiger partial charge is 0.303 e. The summed E-state index contributed by atoms with van der Waals surface area (Å²) in [5.74, 6) is 1.42. The molecule has 0 aliphatic carbocycles. The van der Waals surface area contributed by atoms with Gasteiger partial charge in [-0.2, -0.15) is 0 Å². The van der Waals surface area contributed by atoms with Crippen LogP contribution < -0.4 is 4.74 Å². The van der Waals surface area contributed by atoms with Gasteiger partial charge in [-0.15, -0.1) is 0 Å². The maximum absolute atomic E-state index is 12.9. The molecule has 1 N–H and O–H groups in total. The van der Waals surface area contributed by atoms with Crippen molar-refractivity contribution in [1.82, 2.24) is 4.90 Å². The molecule has 2 aromatic carbocycles. The summed E-state index contributed by atoms with van der Waals surface area (Å²) in [6.07, 6.45) is 2.49. The first-order valence-electron chi connectivity index (χ1n) is 10.8. The van der Waals surface area contributed by atoms with E-state index in [2.05, 4.69) is 0 Å². The zero-order valence-electron chi connectivity index (χ0n) is 19.2. The van der Waals surface area contributed by atoms with Gasteiger partial charge in [-0.25, -0.2) is 0 Å². The third-order valence-corrected chi connectivity index (χ3v) is 5.29. The molecule has 1 aromatic heterocycles. The van der Waals surface area contributed by atoms with Crippen LogP contribution in [0.3, 0.4) is 0 Å². The number of allylic oxidation sites excluding steroid dienone is 1. The Morgan fingerprint density at radius 3 is 2.42 bits per heavy atom. The summed E-state index contributed by atoms with van der Waals surface area (Å²) in [7, 11) is 1.76. The van der Waals surface area contributed by atoms with Crippen molar-refractivity contribution in [3.05, 3.63) is 89.2 Å². The summed E-state index contributed by atoms with van der Waals surface area (Å²) < 4.78 is 11.5. The number of rotatable bonds is 10. The molecular formula is C27H29NO5. The van der Waals surface area contributed by atoms with E-state index in [0.717, 1.165) is 28.2 Å². The first kappa shape index (κ1) is 23.9. The number of benzene rings is 2. The van der Waals surface area contributed by atoms with Crippen LogP contribution in [0.4, 0.5) is 0 Å². The number of carbonyl (C=O) groups excluding carboxylic acids is 1. The average Bonchev–Trinajstić information content (AvgIpc) is 3.24. The molecule has 1 heterocycles. The molecule has 0 unspecified atom stereocenters. The second-order valence-corrected chi connectivity index (χ2v) is 8.01. The summed E-state index contributed by atoms with van der Waals surface area (Å²) >= 11 is 0. The highest BCUT2D eigenvalue weighted by Crippen LogP contribution is 2.24. The van der Waals surface area contributed by atoms with Crippen molar-refractivity contribution in [3.63, 3.8) is 0 Å². The second kappa shape index (κ2) is 11.2. The number of carboxylic acid groups (broad SMARTS) is 1. The molecule has 3 aromatic rings. The predicted molar refractivity (Wildman–Crippen MR) is 127 cm³/mol. The van der Waals surface area contributed by atoms with Gasteiger partial charge in [0.1, 0.15) is 23.9 Å².